The predicted molar refractivity (Wildman–Crippen MR) is 64.8 cm³/mol. The molecule has 3 atom stereocenters. The lowest BCUT2D eigenvalue weighted by atomic mass is 10.0. The Labute approximate surface area is 98.4 Å². The van der Waals surface area contributed by atoms with E-state index in [0.29, 0.717) is 36.2 Å². The number of nitrogens with two attached hydrogens (primary N) is 1. The fourth-order valence-corrected chi connectivity index (χ4v) is 3.25. The van der Waals surface area contributed by atoms with E-state index in [1.807, 2.05) is 11.9 Å². The van der Waals surface area contributed by atoms with E-state index < -0.39 is 0 Å². The molecule has 2 fully saturated rings. The highest BCUT2D eigenvalue weighted by molar-refractivity contribution is 5.82. The van der Waals surface area contributed by atoms with Crippen molar-refractivity contribution in [3.63, 3.8) is 0 Å². The van der Waals surface area contributed by atoms with E-state index in [2.05, 4.69) is 6.92 Å². The summed E-state index contributed by atoms with van der Waals surface area (Å²) in [7, 11) is 1.94. The first kappa shape index (κ1) is 11.9. The Balaban J connectivity index is 1.88. The Kier molecular flexibility index (Phi) is 3.53. The second-order valence-electron chi connectivity index (χ2n) is 5.51. The van der Waals surface area contributed by atoms with Gasteiger partial charge in [-0.05, 0) is 44.6 Å². The molecule has 2 N–H and O–H groups in total. The smallest absolute Gasteiger partial charge is 0.226 e. The maximum atomic E-state index is 12.3. The molecule has 0 aromatic carbocycles. The number of fused-ring (bicyclic) bond motifs is 1. The molecule has 0 aromatic rings. The van der Waals surface area contributed by atoms with Gasteiger partial charge < -0.3 is 10.6 Å². The normalized spacial score (nSPS) is 34.1. The van der Waals surface area contributed by atoms with Gasteiger partial charge in [-0.1, -0.05) is 12.8 Å². The third-order valence-corrected chi connectivity index (χ3v) is 4.53. The second-order valence-corrected chi connectivity index (χ2v) is 5.51. The van der Waals surface area contributed by atoms with Gasteiger partial charge in [0.25, 0.3) is 0 Å². The minimum Gasteiger partial charge on any atom is -0.343 e. The highest BCUT2D eigenvalue weighted by Gasteiger charge is 2.55. The van der Waals surface area contributed by atoms with Crippen LogP contribution in [-0.2, 0) is 4.79 Å². The maximum absolute atomic E-state index is 12.3. The SMILES string of the molecule is CC(CCN)N(C)C(=O)C1C2CCCCC21. The largest absolute Gasteiger partial charge is 0.343 e. The fraction of sp³-hybridized carbons (Fsp3) is 0.923. The maximum Gasteiger partial charge on any atom is 0.226 e. The molecule has 2 rings (SSSR count). The average molecular weight is 224 g/mol. The van der Waals surface area contributed by atoms with Crippen LogP contribution in [0.25, 0.3) is 0 Å². The van der Waals surface area contributed by atoms with Gasteiger partial charge in [0.1, 0.15) is 0 Å². The Morgan fingerprint density at radius 2 is 1.94 bits per heavy atom. The molecule has 0 bridgehead atoms. The van der Waals surface area contributed by atoms with Gasteiger partial charge in [0.2, 0.25) is 5.91 Å². The van der Waals surface area contributed by atoms with E-state index in [-0.39, 0.29) is 0 Å². The van der Waals surface area contributed by atoms with Gasteiger partial charge in [0, 0.05) is 19.0 Å². The topological polar surface area (TPSA) is 46.3 Å². The van der Waals surface area contributed by atoms with E-state index in [9.17, 15) is 4.79 Å². The molecular weight excluding hydrogens is 200 g/mol. The Morgan fingerprint density at radius 3 is 2.44 bits per heavy atom. The van der Waals surface area contributed by atoms with Gasteiger partial charge in [-0.3, -0.25) is 4.79 Å². The lowest BCUT2D eigenvalue weighted by Gasteiger charge is -2.25. The van der Waals surface area contributed by atoms with Crippen LogP contribution in [0.1, 0.15) is 39.0 Å². The van der Waals surface area contributed by atoms with Gasteiger partial charge in [0.15, 0.2) is 0 Å². The molecule has 0 spiro atoms. The molecule has 2 aliphatic carbocycles. The lowest BCUT2D eigenvalue weighted by molar-refractivity contribution is -0.133. The van der Waals surface area contributed by atoms with Crippen LogP contribution in [0, 0.1) is 17.8 Å². The van der Waals surface area contributed by atoms with Crippen LogP contribution in [0.5, 0.6) is 0 Å². The third kappa shape index (κ3) is 2.10. The van der Waals surface area contributed by atoms with Crippen LogP contribution < -0.4 is 5.73 Å². The Bertz CT molecular complexity index is 255. The zero-order valence-corrected chi connectivity index (χ0v) is 10.5. The number of hydrogen-bond donors (Lipinski definition) is 1. The summed E-state index contributed by atoms with van der Waals surface area (Å²) < 4.78 is 0. The number of rotatable bonds is 4. The summed E-state index contributed by atoms with van der Waals surface area (Å²) in [5.74, 6) is 2.16. The van der Waals surface area contributed by atoms with Gasteiger partial charge in [-0.25, -0.2) is 0 Å². The molecule has 0 heterocycles. The third-order valence-electron chi connectivity index (χ3n) is 4.53. The fourth-order valence-electron chi connectivity index (χ4n) is 3.25. The molecule has 92 valence electrons. The van der Waals surface area contributed by atoms with Gasteiger partial charge in [-0.15, -0.1) is 0 Å². The number of amides is 1. The molecule has 3 nitrogen and oxygen atoms in total. The zero-order valence-electron chi connectivity index (χ0n) is 10.5. The van der Waals surface area contributed by atoms with Crippen LogP contribution >= 0.6 is 0 Å². The van der Waals surface area contributed by atoms with Crippen LogP contribution in [0.15, 0.2) is 0 Å². The molecule has 3 heteroatoms. The van der Waals surface area contributed by atoms with Gasteiger partial charge >= 0.3 is 0 Å². The Hall–Kier alpha value is -0.570. The first-order chi connectivity index (χ1) is 7.66. The summed E-state index contributed by atoms with van der Waals surface area (Å²) in [6.07, 6.45) is 6.12. The van der Waals surface area contributed by atoms with Crippen molar-refractivity contribution in [1.82, 2.24) is 4.90 Å². The monoisotopic (exact) mass is 224 g/mol. The van der Waals surface area contributed by atoms with Crippen LogP contribution in [-0.4, -0.2) is 30.4 Å². The summed E-state index contributed by atoms with van der Waals surface area (Å²) in [5.41, 5.74) is 5.54. The summed E-state index contributed by atoms with van der Waals surface area (Å²) in [4.78, 5) is 14.2. The predicted octanol–water partition coefficient (Wildman–Crippen LogP) is 1.62. The molecule has 3 unspecified atom stereocenters. The van der Waals surface area contributed by atoms with Gasteiger partial charge in [-0.2, -0.15) is 0 Å². The minimum atomic E-state index is 0.292. The Morgan fingerprint density at radius 1 is 1.38 bits per heavy atom. The quantitative estimate of drug-likeness (QED) is 0.788. The molecule has 0 radical (unpaired) electrons. The van der Waals surface area contributed by atoms with Crippen LogP contribution in [0.4, 0.5) is 0 Å². The van der Waals surface area contributed by atoms with E-state index >= 15 is 0 Å². The van der Waals surface area contributed by atoms with E-state index in [4.69, 9.17) is 5.73 Å². The highest BCUT2D eigenvalue weighted by Crippen LogP contribution is 2.56. The number of carbonyl (C=O) groups is 1. The van der Waals surface area contributed by atoms with Crippen LogP contribution in [0.2, 0.25) is 0 Å². The van der Waals surface area contributed by atoms with E-state index in [1.54, 1.807) is 0 Å². The first-order valence-electron chi connectivity index (χ1n) is 6.63. The summed E-state index contributed by atoms with van der Waals surface area (Å²) in [5, 5.41) is 0. The van der Waals surface area contributed by atoms with Crippen molar-refractivity contribution in [3.8, 4) is 0 Å². The zero-order chi connectivity index (χ0) is 11.7. The first-order valence-corrected chi connectivity index (χ1v) is 6.63. The molecule has 2 saturated carbocycles. The summed E-state index contributed by atoms with van der Waals surface area (Å²) >= 11 is 0. The number of hydrogen-bond acceptors (Lipinski definition) is 2. The summed E-state index contributed by atoms with van der Waals surface area (Å²) in [6, 6.07) is 0.292. The molecule has 0 aromatic heterocycles. The number of carbonyl (C=O) groups excluding carboxylic acids is 1. The number of nitrogens with zero attached hydrogens (tertiary/aromatic N) is 1. The van der Waals surface area contributed by atoms with Crippen molar-refractivity contribution in [3.05, 3.63) is 0 Å². The van der Waals surface area contributed by atoms with Crippen molar-refractivity contribution in [2.45, 2.75) is 45.1 Å². The van der Waals surface area contributed by atoms with Crippen molar-refractivity contribution in [1.29, 1.82) is 0 Å². The van der Waals surface area contributed by atoms with Crippen molar-refractivity contribution in [2.75, 3.05) is 13.6 Å². The lowest BCUT2D eigenvalue weighted by Crippen LogP contribution is -2.37. The summed E-state index contributed by atoms with van der Waals surface area (Å²) in [6.45, 7) is 2.76. The van der Waals surface area contributed by atoms with E-state index in [1.165, 1.54) is 25.7 Å². The van der Waals surface area contributed by atoms with E-state index in [0.717, 1.165) is 6.42 Å². The molecule has 0 saturated heterocycles. The standard InChI is InChI=1S/C13H24N2O/c1-9(7-8-14)15(2)13(16)12-10-5-3-4-6-11(10)12/h9-12H,3-8,14H2,1-2H3. The minimum absolute atomic E-state index is 0.292. The molecule has 2 aliphatic rings. The second kappa shape index (κ2) is 4.74. The average Bonchev–Trinajstić information content (AvgIpc) is 3.01. The van der Waals surface area contributed by atoms with Crippen molar-refractivity contribution < 1.29 is 4.79 Å². The van der Waals surface area contributed by atoms with Crippen molar-refractivity contribution in [2.24, 2.45) is 23.5 Å². The molecular formula is C13H24N2O. The molecule has 16 heavy (non-hydrogen) atoms. The molecule has 0 aliphatic heterocycles. The molecule has 1 amide bonds. The van der Waals surface area contributed by atoms with Crippen LogP contribution in [0.3, 0.4) is 0 Å². The highest BCUT2D eigenvalue weighted by atomic mass is 16.2. The van der Waals surface area contributed by atoms with Crippen molar-refractivity contribution >= 4 is 5.91 Å². The van der Waals surface area contributed by atoms with Gasteiger partial charge in [0.05, 0.1) is 0 Å².